The van der Waals surface area contributed by atoms with E-state index in [2.05, 4.69) is 92.4 Å². The summed E-state index contributed by atoms with van der Waals surface area (Å²) in [5.41, 5.74) is 10.3. The third-order valence-electron chi connectivity index (χ3n) is 18.1. The van der Waals surface area contributed by atoms with Crippen LogP contribution in [-0.2, 0) is 26.1 Å². The van der Waals surface area contributed by atoms with Gasteiger partial charge in [0, 0.05) is 80.1 Å². The van der Waals surface area contributed by atoms with Crippen LogP contribution in [0.5, 0.6) is 0 Å². The quantitative estimate of drug-likeness (QED) is 0.0722. The van der Waals surface area contributed by atoms with Gasteiger partial charge in [-0.25, -0.2) is 15.0 Å². The average Bonchev–Trinajstić information content (AvgIpc) is 4.06. The second-order valence-corrected chi connectivity index (χ2v) is 20.9. The molecule has 6 N–H and O–H groups in total. The fraction of sp³-hybridized carbons (Fsp3) is 0.596. The molecule has 3 saturated heterocycles. The van der Waals surface area contributed by atoms with Crippen LogP contribution in [0.15, 0.2) is 67.3 Å². The molecule has 11 heteroatoms. The van der Waals surface area contributed by atoms with Gasteiger partial charge in [-0.15, -0.1) is 0 Å². The van der Waals surface area contributed by atoms with E-state index in [4.69, 9.17) is 24.4 Å². The fourth-order valence-corrected chi connectivity index (χ4v) is 15.7. The lowest BCUT2D eigenvalue weighted by Crippen LogP contribution is -2.59. The van der Waals surface area contributed by atoms with Gasteiger partial charge in [0.15, 0.2) is 0 Å². The molecule has 0 spiro atoms. The molecular weight excluding hydrogens is 783 g/mol. The van der Waals surface area contributed by atoms with Gasteiger partial charge in [0.05, 0.1) is 45.8 Å². The number of hydrogen-bond donors (Lipinski definition) is 6. The van der Waals surface area contributed by atoms with E-state index in [1.165, 1.54) is 91.9 Å². The SMILES string of the molecule is COC1(c2cccc3[nH]c(C)nc23)C2CNCC1CC(CCCC1(c3cccc4[nH]cnc34)C3CNCC1CC(CCOC1(c4cccc5[nH]cnc45)C4CCCC1CNC4)C3)C2. The number of rotatable bonds is 12. The van der Waals surface area contributed by atoms with Crippen molar-refractivity contribution in [2.75, 3.05) is 53.0 Å². The molecule has 3 saturated carbocycles. The van der Waals surface area contributed by atoms with Crippen LogP contribution in [0.1, 0.15) is 93.1 Å². The van der Waals surface area contributed by atoms with E-state index in [-0.39, 0.29) is 16.6 Å². The first-order valence-electron chi connectivity index (χ1n) is 24.6. The maximum atomic E-state index is 7.50. The summed E-state index contributed by atoms with van der Waals surface area (Å²) in [5, 5.41) is 11.6. The Balaban J connectivity index is 0.793. The van der Waals surface area contributed by atoms with Crippen molar-refractivity contribution in [3.05, 3.63) is 89.8 Å². The van der Waals surface area contributed by atoms with E-state index in [1.807, 2.05) is 19.8 Å². The molecule has 3 aromatic heterocycles. The number of nitrogens with zero attached hydrogens (tertiary/aromatic N) is 3. The van der Waals surface area contributed by atoms with Crippen LogP contribution in [0.3, 0.4) is 0 Å². The molecule has 11 nitrogen and oxygen atoms in total. The molecule has 6 unspecified atom stereocenters. The third kappa shape index (κ3) is 6.33. The van der Waals surface area contributed by atoms with Gasteiger partial charge in [-0.05, 0) is 119 Å². The summed E-state index contributed by atoms with van der Waals surface area (Å²) in [7, 11) is 1.96. The zero-order valence-corrected chi connectivity index (χ0v) is 37.4. The van der Waals surface area contributed by atoms with Crippen molar-refractivity contribution in [3.8, 4) is 0 Å². The van der Waals surface area contributed by atoms with Crippen LogP contribution >= 0.6 is 0 Å². The largest absolute Gasteiger partial charge is 0.373 e. The van der Waals surface area contributed by atoms with Crippen molar-refractivity contribution in [1.82, 2.24) is 45.9 Å². The van der Waals surface area contributed by atoms with E-state index in [0.717, 1.165) is 80.2 Å². The predicted octanol–water partition coefficient (Wildman–Crippen LogP) is 8.39. The summed E-state index contributed by atoms with van der Waals surface area (Å²) in [6.07, 6.45) is 17.2. The van der Waals surface area contributed by atoms with E-state index in [1.54, 1.807) is 0 Å². The highest BCUT2D eigenvalue weighted by Crippen LogP contribution is 2.58. The lowest BCUT2D eigenvalue weighted by atomic mass is 9.51. The molecule has 6 aromatic rings. The number of fused-ring (bicyclic) bond motifs is 9. The first kappa shape index (κ1) is 40.4. The van der Waals surface area contributed by atoms with Crippen molar-refractivity contribution in [2.45, 2.75) is 94.2 Å². The molecule has 6 atom stereocenters. The van der Waals surface area contributed by atoms with Crippen LogP contribution in [0.4, 0.5) is 0 Å². The van der Waals surface area contributed by atoms with Crippen molar-refractivity contribution in [3.63, 3.8) is 0 Å². The van der Waals surface area contributed by atoms with Crippen molar-refractivity contribution in [1.29, 1.82) is 0 Å². The average molecular weight is 850 g/mol. The van der Waals surface area contributed by atoms with Gasteiger partial charge in [-0.2, -0.15) is 0 Å². The number of H-pyrrole nitrogens is 3. The number of methoxy groups -OCH3 is 1. The number of aromatic amines is 3. The second kappa shape index (κ2) is 16.1. The zero-order valence-electron chi connectivity index (χ0n) is 37.4. The van der Waals surface area contributed by atoms with E-state index in [0.29, 0.717) is 47.3 Å². The molecule has 0 radical (unpaired) electrons. The van der Waals surface area contributed by atoms with Gasteiger partial charge in [0.2, 0.25) is 0 Å². The summed E-state index contributed by atoms with van der Waals surface area (Å²) in [6, 6.07) is 20.3. The molecule has 3 aliphatic carbocycles. The number of para-hydroxylation sites is 3. The van der Waals surface area contributed by atoms with Crippen LogP contribution < -0.4 is 16.0 Å². The third-order valence-corrected chi connectivity index (χ3v) is 18.1. The van der Waals surface area contributed by atoms with Crippen LogP contribution in [0.25, 0.3) is 33.1 Å². The number of nitrogens with one attached hydrogen (secondary N) is 6. The Hall–Kier alpha value is -4.13. The molecule has 6 aliphatic rings. The molecule has 6 bridgehead atoms. The molecule has 332 valence electrons. The number of benzene rings is 3. The highest BCUT2D eigenvalue weighted by molar-refractivity contribution is 5.81. The summed E-state index contributed by atoms with van der Waals surface area (Å²) < 4.78 is 14.3. The monoisotopic (exact) mass is 850 g/mol. The normalized spacial score (nSPS) is 35.4. The van der Waals surface area contributed by atoms with Crippen molar-refractivity contribution >= 4 is 33.1 Å². The van der Waals surface area contributed by atoms with E-state index in [9.17, 15) is 0 Å². The van der Waals surface area contributed by atoms with Gasteiger partial charge in [0.25, 0.3) is 0 Å². The Morgan fingerprint density at radius 2 is 1.14 bits per heavy atom. The summed E-state index contributed by atoms with van der Waals surface area (Å²) in [4.78, 5) is 25.3. The predicted molar refractivity (Wildman–Crippen MR) is 248 cm³/mol. The number of aryl methyl sites for hydroxylation is 1. The second-order valence-electron chi connectivity index (χ2n) is 20.9. The number of ether oxygens (including phenoxy) is 2. The Morgan fingerprint density at radius 3 is 1.79 bits per heavy atom. The molecule has 6 heterocycles. The number of imidazole rings is 3. The van der Waals surface area contributed by atoms with Crippen molar-refractivity contribution in [2.24, 2.45) is 47.3 Å². The summed E-state index contributed by atoms with van der Waals surface area (Å²) in [5.74, 6) is 5.14. The topological polar surface area (TPSA) is 141 Å². The molecule has 63 heavy (non-hydrogen) atoms. The minimum Gasteiger partial charge on any atom is -0.373 e. The first-order valence-corrected chi connectivity index (χ1v) is 24.6. The maximum absolute atomic E-state index is 7.50. The minimum atomic E-state index is -0.316. The summed E-state index contributed by atoms with van der Waals surface area (Å²) >= 11 is 0. The van der Waals surface area contributed by atoms with Gasteiger partial charge in [0.1, 0.15) is 17.0 Å². The Morgan fingerprint density at radius 1 is 0.603 bits per heavy atom. The van der Waals surface area contributed by atoms with Crippen LogP contribution in [0.2, 0.25) is 0 Å². The lowest BCUT2D eigenvalue weighted by Gasteiger charge is -2.57. The standard InChI is InChI=1S/C52H67N9O2/c1-32-60-46-16-6-13-43(49(46)61-32)51(62-2)39-22-33(23-40(51)29-55-28-39)8-7-18-50(41-11-4-14-44-47(41)58-30-56-44)37-20-34(21-38(50)27-54-26-37)17-19-63-52(35-9-3-10-36(52)25-53-24-35)42-12-5-15-45-48(42)59-31-57-45/h4-6,11-16,30-31,33-40,53-55H,3,7-10,17-29H2,1-2H3,(H,56,58)(H,57,59)(H,60,61). The number of hydrogen-bond acceptors (Lipinski definition) is 8. The Kier molecular flexibility index (Phi) is 10.3. The fourth-order valence-electron chi connectivity index (χ4n) is 15.7. The van der Waals surface area contributed by atoms with E-state index < -0.39 is 0 Å². The first-order chi connectivity index (χ1) is 31.0. The van der Waals surface area contributed by atoms with Gasteiger partial charge in [-0.3, -0.25) is 0 Å². The van der Waals surface area contributed by atoms with Gasteiger partial charge in [-0.1, -0.05) is 55.7 Å². The molecule has 12 rings (SSSR count). The molecular formula is C52H67N9O2. The molecule has 6 fully saturated rings. The molecule has 0 amide bonds. The number of piperidine rings is 3. The zero-order chi connectivity index (χ0) is 42.2. The smallest absolute Gasteiger partial charge is 0.104 e. The molecule has 3 aliphatic heterocycles. The van der Waals surface area contributed by atoms with Gasteiger partial charge < -0.3 is 40.4 Å². The maximum Gasteiger partial charge on any atom is 0.104 e. The highest BCUT2D eigenvalue weighted by Gasteiger charge is 2.57. The minimum absolute atomic E-state index is 0.0933. The highest BCUT2D eigenvalue weighted by atomic mass is 16.5. The van der Waals surface area contributed by atoms with Gasteiger partial charge >= 0.3 is 0 Å². The van der Waals surface area contributed by atoms with Crippen molar-refractivity contribution < 1.29 is 9.47 Å². The Bertz CT molecular complexity index is 2530. The lowest BCUT2D eigenvalue weighted by molar-refractivity contribution is -0.167. The Labute approximate surface area is 371 Å². The van der Waals surface area contributed by atoms with E-state index >= 15 is 0 Å². The number of aromatic nitrogens is 6. The summed E-state index contributed by atoms with van der Waals surface area (Å²) in [6.45, 7) is 9.04. The molecule has 3 aromatic carbocycles. The van der Waals surface area contributed by atoms with Crippen LogP contribution in [-0.4, -0.2) is 82.9 Å². The van der Waals surface area contributed by atoms with Crippen LogP contribution in [0, 0.1) is 54.3 Å².